The van der Waals surface area contributed by atoms with Gasteiger partial charge in [0, 0.05) is 12.0 Å². The van der Waals surface area contributed by atoms with E-state index in [0.717, 1.165) is 30.5 Å². The van der Waals surface area contributed by atoms with Crippen LogP contribution in [0.15, 0.2) is 23.4 Å². The van der Waals surface area contributed by atoms with Crippen LogP contribution in [0.4, 0.5) is 0 Å². The average Bonchev–Trinajstić information content (AvgIpc) is 2.78. The molecule has 1 aliphatic heterocycles. The summed E-state index contributed by atoms with van der Waals surface area (Å²) in [5.74, 6) is 0.614. The summed E-state index contributed by atoms with van der Waals surface area (Å²) in [7, 11) is 1.54. The molecule has 92 valence electrons. The fourth-order valence-corrected chi connectivity index (χ4v) is 1.99. The highest BCUT2D eigenvalue weighted by atomic mass is 16.6. The Labute approximate surface area is 101 Å². The van der Waals surface area contributed by atoms with Crippen LogP contribution in [0.3, 0.4) is 0 Å². The molecule has 1 N–H and O–H groups in total. The molecule has 0 radical (unpaired) electrons. The minimum atomic E-state index is -0.188. The molecule has 4 heteroatoms. The van der Waals surface area contributed by atoms with Gasteiger partial charge >= 0.3 is 0 Å². The summed E-state index contributed by atoms with van der Waals surface area (Å²) in [5.41, 5.74) is 1.79. The molecule has 0 spiro atoms. The second-order valence-corrected chi connectivity index (χ2v) is 4.10. The molecule has 17 heavy (non-hydrogen) atoms. The number of aromatic hydroxyl groups is 1. The van der Waals surface area contributed by atoms with Crippen LogP contribution in [0.2, 0.25) is 0 Å². The maximum Gasteiger partial charge on any atom is 0.164 e. The van der Waals surface area contributed by atoms with Crippen LogP contribution < -0.4 is 4.74 Å². The molecule has 0 aliphatic carbocycles. The molecule has 0 aromatic heterocycles. The van der Waals surface area contributed by atoms with E-state index in [9.17, 15) is 5.11 Å². The van der Waals surface area contributed by atoms with Gasteiger partial charge < -0.3 is 14.7 Å². The number of rotatable bonds is 4. The number of benzene rings is 1. The molecule has 1 atom stereocenters. The molecule has 1 aliphatic rings. The summed E-state index contributed by atoms with van der Waals surface area (Å²) in [6.07, 6.45) is 2.56. The van der Waals surface area contributed by atoms with Gasteiger partial charge in [-0.25, -0.2) is 0 Å². The Morgan fingerprint density at radius 1 is 1.53 bits per heavy atom. The monoisotopic (exact) mass is 235 g/mol. The highest BCUT2D eigenvalue weighted by Crippen LogP contribution is 2.38. The first-order valence-corrected chi connectivity index (χ1v) is 5.83. The van der Waals surface area contributed by atoms with E-state index in [1.165, 1.54) is 7.11 Å². The molecule has 0 amide bonds. The third-order valence-corrected chi connectivity index (χ3v) is 2.87. The van der Waals surface area contributed by atoms with Crippen molar-refractivity contribution in [2.75, 3.05) is 7.11 Å². The lowest BCUT2D eigenvalue weighted by Crippen LogP contribution is -2.01. The van der Waals surface area contributed by atoms with Crippen LogP contribution >= 0.6 is 0 Å². The zero-order valence-corrected chi connectivity index (χ0v) is 10.1. The Morgan fingerprint density at radius 2 is 2.35 bits per heavy atom. The van der Waals surface area contributed by atoms with E-state index in [-0.39, 0.29) is 11.9 Å². The van der Waals surface area contributed by atoms with Gasteiger partial charge in [-0.15, -0.1) is 0 Å². The molecule has 4 nitrogen and oxygen atoms in total. The smallest absolute Gasteiger partial charge is 0.164 e. The zero-order valence-electron chi connectivity index (χ0n) is 10.1. The van der Waals surface area contributed by atoms with Crippen molar-refractivity contribution >= 4 is 5.71 Å². The SMILES string of the molecule is CCCC1=NO[C@@H](c2cccc(OC)c2O)C1. The fourth-order valence-electron chi connectivity index (χ4n) is 1.99. The number of para-hydroxylation sites is 1. The maximum absolute atomic E-state index is 10.0. The molecule has 0 saturated carbocycles. The minimum absolute atomic E-state index is 0.146. The van der Waals surface area contributed by atoms with Crippen molar-refractivity contribution in [1.82, 2.24) is 0 Å². The van der Waals surface area contributed by atoms with Gasteiger partial charge in [0.25, 0.3) is 0 Å². The molecular formula is C13H17NO3. The lowest BCUT2D eigenvalue weighted by atomic mass is 10.0. The predicted molar refractivity (Wildman–Crippen MR) is 65.4 cm³/mol. The van der Waals surface area contributed by atoms with Crippen molar-refractivity contribution in [2.24, 2.45) is 5.16 Å². The molecular weight excluding hydrogens is 218 g/mol. The summed E-state index contributed by atoms with van der Waals surface area (Å²) in [6.45, 7) is 2.11. The molecule has 1 heterocycles. The fraction of sp³-hybridized carbons (Fsp3) is 0.462. The minimum Gasteiger partial charge on any atom is -0.504 e. The number of methoxy groups -OCH3 is 1. The van der Waals surface area contributed by atoms with E-state index >= 15 is 0 Å². The van der Waals surface area contributed by atoms with Gasteiger partial charge in [-0.3, -0.25) is 0 Å². The standard InChI is InChI=1S/C13H17NO3/c1-3-5-9-8-12(17-14-9)10-6-4-7-11(16-2)13(10)15/h4,6-7,12,15H,3,5,8H2,1-2H3/t12-/m1/s1. The van der Waals surface area contributed by atoms with Gasteiger partial charge in [-0.05, 0) is 12.5 Å². The van der Waals surface area contributed by atoms with Crippen LogP contribution in [0, 0.1) is 0 Å². The van der Waals surface area contributed by atoms with E-state index in [4.69, 9.17) is 9.57 Å². The number of oxime groups is 1. The lowest BCUT2D eigenvalue weighted by molar-refractivity contribution is 0.0834. The van der Waals surface area contributed by atoms with E-state index in [1.807, 2.05) is 12.1 Å². The van der Waals surface area contributed by atoms with E-state index in [0.29, 0.717) is 5.75 Å². The van der Waals surface area contributed by atoms with Crippen molar-refractivity contribution in [3.63, 3.8) is 0 Å². The van der Waals surface area contributed by atoms with Crippen molar-refractivity contribution in [3.05, 3.63) is 23.8 Å². The first-order chi connectivity index (χ1) is 8.26. The Kier molecular flexibility index (Phi) is 3.52. The van der Waals surface area contributed by atoms with Gasteiger partial charge in [-0.2, -0.15) is 0 Å². The average molecular weight is 235 g/mol. The van der Waals surface area contributed by atoms with Crippen molar-refractivity contribution in [1.29, 1.82) is 0 Å². The Bertz CT molecular complexity index is 429. The number of phenolic OH excluding ortho intramolecular Hbond substituents is 1. The summed E-state index contributed by atoms with van der Waals surface area (Å²) >= 11 is 0. The summed E-state index contributed by atoms with van der Waals surface area (Å²) in [5, 5.41) is 14.1. The van der Waals surface area contributed by atoms with Gasteiger partial charge in [0.05, 0.1) is 12.8 Å². The van der Waals surface area contributed by atoms with Crippen molar-refractivity contribution < 1.29 is 14.7 Å². The summed E-state index contributed by atoms with van der Waals surface area (Å²) < 4.78 is 5.08. The third-order valence-electron chi connectivity index (χ3n) is 2.87. The lowest BCUT2D eigenvalue weighted by Gasteiger charge is -2.12. The largest absolute Gasteiger partial charge is 0.504 e. The number of nitrogens with zero attached hydrogens (tertiary/aromatic N) is 1. The molecule has 1 aromatic carbocycles. The molecule has 0 unspecified atom stereocenters. The number of phenols is 1. The van der Waals surface area contributed by atoms with Crippen LogP contribution in [0.25, 0.3) is 0 Å². The Hall–Kier alpha value is -1.71. The topological polar surface area (TPSA) is 51.0 Å². The number of hydrogen-bond donors (Lipinski definition) is 1. The number of ether oxygens (including phenoxy) is 1. The molecule has 0 fully saturated rings. The molecule has 2 rings (SSSR count). The van der Waals surface area contributed by atoms with Crippen LogP contribution in [-0.4, -0.2) is 17.9 Å². The second kappa shape index (κ2) is 5.08. The molecule has 0 bridgehead atoms. The van der Waals surface area contributed by atoms with E-state index in [1.54, 1.807) is 6.07 Å². The highest BCUT2D eigenvalue weighted by molar-refractivity contribution is 5.85. The van der Waals surface area contributed by atoms with Gasteiger partial charge in [0.2, 0.25) is 0 Å². The maximum atomic E-state index is 10.0. The predicted octanol–water partition coefficient (Wildman–Crippen LogP) is 3.02. The third kappa shape index (κ3) is 2.35. The molecule has 0 saturated heterocycles. The zero-order chi connectivity index (χ0) is 12.3. The summed E-state index contributed by atoms with van der Waals surface area (Å²) in [6, 6.07) is 5.41. The quantitative estimate of drug-likeness (QED) is 0.872. The van der Waals surface area contributed by atoms with Crippen LogP contribution in [0.1, 0.15) is 37.9 Å². The Morgan fingerprint density at radius 3 is 3.06 bits per heavy atom. The van der Waals surface area contributed by atoms with Crippen molar-refractivity contribution in [3.8, 4) is 11.5 Å². The van der Waals surface area contributed by atoms with E-state index < -0.39 is 0 Å². The van der Waals surface area contributed by atoms with Crippen molar-refractivity contribution in [2.45, 2.75) is 32.3 Å². The van der Waals surface area contributed by atoms with Crippen LogP contribution in [-0.2, 0) is 4.84 Å². The highest BCUT2D eigenvalue weighted by Gasteiger charge is 2.25. The van der Waals surface area contributed by atoms with Gasteiger partial charge in [0.1, 0.15) is 0 Å². The summed E-state index contributed by atoms with van der Waals surface area (Å²) in [4.78, 5) is 5.36. The Balaban J connectivity index is 2.15. The normalized spacial score (nSPS) is 18.7. The first-order valence-electron chi connectivity index (χ1n) is 5.83. The van der Waals surface area contributed by atoms with Crippen LogP contribution in [0.5, 0.6) is 11.5 Å². The number of hydrogen-bond acceptors (Lipinski definition) is 4. The molecule has 1 aromatic rings. The second-order valence-electron chi connectivity index (χ2n) is 4.10. The first kappa shape index (κ1) is 11.8. The van der Waals surface area contributed by atoms with Gasteiger partial charge in [0.15, 0.2) is 17.6 Å². The van der Waals surface area contributed by atoms with E-state index in [2.05, 4.69) is 12.1 Å². The van der Waals surface area contributed by atoms with Gasteiger partial charge in [-0.1, -0.05) is 30.6 Å².